The zero-order valence-electron chi connectivity index (χ0n) is 7.73. The summed E-state index contributed by atoms with van der Waals surface area (Å²) in [5.74, 6) is 1.14. The molecule has 0 unspecified atom stereocenters. The smallest absolute Gasteiger partial charge is 0.136 e. The lowest BCUT2D eigenvalue weighted by atomic mass is 10.1. The van der Waals surface area contributed by atoms with E-state index in [0.717, 1.165) is 6.42 Å². The molecule has 0 N–H and O–H groups in total. The maximum absolute atomic E-state index is 11.3. The first-order valence-corrected chi connectivity index (χ1v) is 4.75. The van der Waals surface area contributed by atoms with Crippen LogP contribution >= 0.6 is 0 Å². The van der Waals surface area contributed by atoms with Crippen molar-refractivity contribution in [3.8, 4) is 0 Å². The Bertz CT molecular complexity index is 307. The van der Waals surface area contributed by atoms with Crippen LogP contribution in [0.4, 0.5) is 0 Å². The van der Waals surface area contributed by atoms with Crippen LogP contribution in [0.2, 0.25) is 0 Å². The third-order valence-electron chi connectivity index (χ3n) is 2.67. The molecule has 0 aromatic carbocycles. The molecule has 0 saturated heterocycles. The molecule has 1 fully saturated rings. The average molecular weight is 175 g/mol. The summed E-state index contributed by atoms with van der Waals surface area (Å²) in [5.41, 5.74) is 1.22. The molecule has 1 saturated carbocycles. The molecule has 0 bridgehead atoms. The highest BCUT2D eigenvalue weighted by Gasteiger charge is 2.42. The van der Waals surface area contributed by atoms with Gasteiger partial charge in [0.05, 0.1) is 0 Å². The van der Waals surface area contributed by atoms with Gasteiger partial charge in [0.1, 0.15) is 5.78 Å². The van der Waals surface area contributed by atoms with Crippen molar-refractivity contribution in [2.45, 2.75) is 25.7 Å². The van der Waals surface area contributed by atoms with E-state index in [1.807, 2.05) is 19.2 Å². The summed E-state index contributed by atoms with van der Waals surface area (Å²) in [7, 11) is 0. The third-order valence-corrected chi connectivity index (χ3v) is 2.67. The predicted molar refractivity (Wildman–Crippen MR) is 50.4 cm³/mol. The summed E-state index contributed by atoms with van der Waals surface area (Å²) in [4.78, 5) is 15.4. The van der Waals surface area contributed by atoms with Crippen LogP contribution in [0.25, 0.3) is 0 Å². The average Bonchev–Trinajstić information content (AvgIpc) is 2.98. The van der Waals surface area contributed by atoms with Gasteiger partial charge in [0, 0.05) is 24.7 Å². The summed E-state index contributed by atoms with van der Waals surface area (Å²) in [5, 5.41) is 0. The first-order valence-electron chi connectivity index (χ1n) is 4.75. The zero-order chi connectivity index (χ0) is 9.26. The van der Waals surface area contributed by atoms with Crippen LogP contribution in [0.1, 0.15) is 31.2 Å². The summed E-state index contributed by atoms with van der Waals surface area (Å²) in [6.07, 6.45) is 5.33. The van der Waals surface area contributed by atoms with Gasteiger partial charge in [-0.15, -0.1) is 0 Å². The minimum atomic E-state index is 0.286. The Morgan fingerprint density at radius 1 is 1.69 bits per heavy atom. The Labute approximate surface area is 78.0 Å². The normalized spacial score (nSPS) is 25.6. The zero-order valence-corrected chi connectivity index (χ0v) is 7.73. The molecule has 1 aromatic heterocycles. The molecule has 2 nitrogen and oxygen atoms in total. The Morgan fingerprint density at radius 2 is 2.54 bits per heavy atom. The summed E-state index contributed by atoms with van der Waals surface area (Å²) in [6, 6.07) is 3.99. The van der Waals surface area contributed by atoms with Crippen LogP contribution in [0, 0.1) is 5.92 Å². The van der Waals surface area contributed by atoms with Crippen molar-refractivity contribution >= 4 is 5.78 Å². The quantitative estimate of drug-likeness (QED) is 0.704. The van der Waals surface area contributed by atoms with E-state index in [4.69, 9.17) is 0 Å². The van der Waals surface area contributed by atoms with Crippen LogP contribution in [-0.2, 0) is 4.79 Å². The molecule has 0 radical (unpaired) electrons. The van der Waals surface area contributed by atoms with E-state index in [-0.39, 0.29) is 5.92 Å². The van der Waals surface area contributed by atoms with Gasteiger partial charge in [-0.3, -0.25) is 9.78 Å². The minimum Gasteiger partial charge on any atom is -0.299 e. The van der Waals surface area contributed by atoms with E-state index >= 15 is 0 Å². The number of nitrogens with zero attached hydrogens (tertiary/aromatic N) is 1. The van der Waals surface area contributed by atoms with Crippen LogP contribution in [0.15, 0.2) is 24.5 Å². The first kappa shape index (κ1) is 8.42. The Kier molecular flexibility index (Phi) is 2.13. The molecule has 1 aliphatic carbocycles. The fraction of sp³-hybridized carbons (Fsp3) is 0.455. The number of carbonyl (C=O) groups excluding carboxylic acids is 1. The van der Waals surface area contributed by atoms with E-state index in [1.165, 1.54) is 5.56 Å². The predicted octanol–water partition coefficient (Wildman–Crippen LogP) is 2.16. The van der Waals surface area contributed by atoms with Crippen molar-refractivity contribution in [2.24, 2.45) is 5.92 Å². The fourth-order valence-corrected chi connectivity index (χ4v) is 1.78. The van der Waals surface area contributed by atoms with E-state index in [0.29, 0.717) is 18.1 Å². The lowest BCUT2D eigenvalue weighted by Gasteiger charge is -1.96. The first-order chi connectivity index (χ1) is 6.33. The number of carbonyl (C=O) groups is 1. The third kappa shape index (κ3) is 1.62. The molecular formula is C11H13NO. The largest absolute Gasteiger partial charge is 0.299 e. The van der Waals surface area contributed by atoms with Crippen LogP contribution in [0.5, 0.6) is 0 Å². The highest BCUT2D eigenvalue weighted by Crippen LogP contribution is 2.48. The summed E-state index contributed by atoms with van der Waals surface area (Å²) in [6.45, 7) is 1.93. The second-order valence-corrected chi connectivity index (χ2v) is 3.55. The SMILES string of the molecule is CCC(=O)[C@@H]1C[C@@H]1c1cccnc1. The standard InChI is InChI=1S/C11H13NO/c1-2-11(13)10-6-9(10)8-4-3-5-12-7-8/h3-5,7,9-10H,2,6H2,1H3/t9-,10-/m1/s1. The maximum atomic E-state index is 11.3. The Hall–Kier alpha value is -1.18. The van der Waals surface area contributed by atoms with E-state index in [9.17, 15) is 4.79 Å². The van der Waals surface area contributed by atoms with Gasteiger partial charge < -0.3 is 0 Å². The summed E-state index contributed by atoms with van der Waals surface area (Å²) < 4.78 is 0. The van der Waals surface area contributed by atoms with Crippen molar-refractivity contribution in [1.29, 1.82) is 0 Å². The monoisotopic (exact) mass is 175 g/mol. The van der Waals surface area contributed by atoms with E-state index < -0.39 is 0 Å². The summed E-state index contributed by atoms with van der Waals surface area (Å²) >= 11 is 0. The van der Waals surface area contributed by atoms with Crippen molar-refractivity contribution < 1.29 is 4.79 Å². The minimum absolute atomic E-state index is 0.286. The van der Waals surface area contributed by atoms with Crippen molar-refractivity contribution in [2.75, 3.05) is 0 Å². The van der Waals surface area contributed by atoms with Crippen LogP contribution in [0.3, 0.4) is 0 Å². The van der Waals surface area contributed by atoms with Gasteiger partial charge in [-0.05, 0) is 24.0 Å². The molecule has 0 amide bonds. The maximum Gasteiger partial charge on any atom is 0.136 e. The van der Waals surface area contributed by atoms with E-state index in [2.05, 4.69) is 11.1 Å². The molecule has 1 heterocycles. The van der Waals surface area contributed by atoms with Crippen molar-refractivity contribution in [3.05, 3.63) is 30.1 Å². The lowest BCUT2D eigenvalue weighted by Crippen LogP contribution is -1.99. The van der Waals surface area contributed by atoms with Gasteiger partial charge in [-0.2, -0.15) is 0 Å². The van der Waals surface area contributed by atoms with E-state index in [1.54, 1.807) is 6.20 Å². The molecule has 0 spiro atoms. The number of hydrogen-bond donors (Lipinski definition) is 0. The Balaban J connectivity index is 2.04. The van der Waals surface area contributed by atoms with Gasteiger partial charge >= 0.3 is 0 Å². The van der Waals surface area contributed by atoms with Crippen molar-refractivity contribution in [1.82, 2.24) is 4.98 Å². The van der Waals surface area contributed by atoms with Gasteiger partial charge in [-0.25, -0.2) is 0 Å². The molecule has 2 atom stereocenters. The number of aromatic nitrogens is 1. The lowest BCUT2D eigenvalue weighted by molar-refractivity contribution is -0.120. The topological polar surface area (TPSA) is 30.0 Å². The number of pyridine rings is 1. The molecule has 2 heteroatoms. The van der Waals surface area contributed by atoms with Gasteiger partial charge in [0.25, 0.3) is 0 Å². The number of Topliss-reactive ketones (excluding diaryl/α,β-unsaturated/α-hetero) is 1. The fourth-order valence-electron chi connectivity index (χ4n) is 1.78. The molecule has 2 rings (SSSR count). The molecule has 68 valence electrons. The second-order valence-electron chi connectivity index (χ2n) is 3.55. The highest BCUT2D eigenvalue weighted by molar-refractivity contribution is 5.84. The molecule has 13 heavy (non-hydrogen) atoms. The number of hydrogen-bond acceptors (Lipinski definition) is 2. The number of rotatable bonds is 3. The highest BCUT2D eigenvalue weighted by atomic mass is 16.1. The van der Waals surface area contributed by atoms with Crippen LogP contribution < -0.4 is 0 Å². The number of ketones is 1. The van der Waals surface area contributed by atoms with Crippen LogP contribution in [-0.4, -0.2) is 10.8 Å². The van der Waals surface area contributed by atoms with Crippen molar-refractivity contribution in [3.63, 3.8) is 0 Å². The van der Waals surface area contributed by atoms with Gasteiger partial charge in [0.2, 0.25) is 0 Å². The van der Waals surface area contributed by atoms with Gasteiger partial charge in [-0.1, -0.05) is 13.0 Å². The molecule has 0 aliphatic heterocycles. The Morgan fingerprint density at radius 3 is 3.15 bits per heavy atom. The van der Waals surface area contributed by atoms with Gasteiger partial charge in [0.15, 0.2) is 0 Å². The molecular weight excluding hydrogens is 162 g/mol. The molecule has 1 aromatic rings. The second kappa shape index (κ2) is 3.29. The molecule has 1 aliphatic rings.